The number of aryl methyl sites for hydroxylation is 1. The van der Waals surface area contributed by atoms with E-state index < -0.39 is 57.3 Å². The van der Waals surface area contributed by atoms with Crippen molar-refractivity contribution >= 4 is 21.6 Å². The summed E-state index contributed by atoms with van der Waals surface area (Å²) in [4.78, 5) is 3.77. The lowest BCUT2D eigenvalue weighted by atomic mass is 9.97. The molecule has 0 spiro atoms. The van der Waals surface area contributed by atoms with E-state index in [1.807, 2.05) is 19.1 Å². The van der Waals surface area contributed by atoms with Crippen LogP contribution in [0.4, 0.5) is 35.1 Å². The summed E-state index contributed by atoms with van der Waals surface area (Å²) in [5, 5.41) is -0.916. The van der Waals surface area contributed by atoms with Crippen molar-refractivity contribution in [1.82, 2.24) is 4.98 Å². The zero-order chi connectivity index (χ0) is 30.2. The number of fused-ring (bicyclic) bond motifs is 1. The number of nitrogens with zero attached hydrogens (tertiary/aromatic N) is 1. The number of rotatable bonds is 8. The summed E-state index contributed by atoms with van der Waals surface area (Å²) in [6.07, 6.45) is 0.975. The van der Waals surface area contributed by atoms with Crippen LogP contribution in [0.1, 0.15) is 23.9 Å². The van der Waals surface area contributed by atoms with Gasteiger partial charge in [0.1, 0.15) is 23.2 Å². The second kappa shape index (κ2) is 11.6. The molecule has 5 rings (SSSR count). The molecule has 42 heavy (non-hydrogen) atoms. The fourth-order valence-electron chi connectivity index (χ4n) is 4.36. The van der Waals surface area contributed by atoms with Gasteiger partial charge in [-0.3, -0.25) is 0 Å². The molecule has 0 fully saturated rings. The summed E-state index contributed by atoms with van der Waals surface area (Å²) in [5.74, 6) is -8.88. The molecule has 11 heteroatoms. The van der Waals surface area contributed by atoms with Crippen molar-refractivity contribution in [2.24, 2.45) is 0 Å². The molecule has 0 aliphatic rings. The van der Waals surface area contributed by atoms with E-state index in [4.69, 9.17) is 0 Å². The maximum atomic E-state index is 15.2. The Morgan fingerprint density at radius 3 is 2.12 bits per heavy atom. The summed E-state index contributed by atoms with van der Waals surface area (Å²) in [7, 11) is 0. The number of benzene rings is 4. The van der Waals surface area contributed by atoms with Crippen LogP contribution in [-0.4, -0.2) is 4.98 Å². The van der Waals surface area contributed by atoms with Gasteiger partial charge in [0.25, 0.3) is 0 Å². The first-order chi connectivity index (χ1) is 20.0. The Kier molecular flexibility index (Phi) is 8.05. The van der Waals surface area contributed by atoms with Crippen LogP contribution in [0.5, 0.6) is 5.75 Å². The Morgan fingerprint density at radius 2 is 1.48 bits per heavy atom. The normalized spacial score (nSPS) is 12.0. The van der Waals surface area contributed by atoms with Gasteiger partial charge in [0.2, 0.25) is 5.01 Å². The molecule has 0 atom stereocenters. The lowest BCUT2D eigenvalue weighted by Crippen LogP contribution is -2.21. The third-order valence-electron chi connectivity index (χ3n) is 6.35. The number of alkyl halides is 2. The van der Waals surface area contributed by atoms with E-state index in [1.54, 1.807) is 6.07 Å². The zero-order valence-electron chi connectivity index (χ0n) is 21.6. The van der Waals surface area contributed by atoms with Crippen molar-refractivity contribution in [2.75, 3.05) is 0 Å². The number of hydrogen-bond acceptors (Lipinski definition) is 3. The molecule has 0 aliphatic heterocycles. The van der Waals surface area contributed by atoms with Crippen LogP contribution in [0.2, 0.25) is 0 Å². The van der Waals surface area contributed by atoms with Gasteiger partial charge in [-0.25, -0.2) is 31.3 Å². The molecule has 0 saturated carbocycles. The van der Waals surface area contributed by atoms with Crippen molar-refractivity contribution in [3.63, 3.8) is 0 Å². The minimum absolute atomic E-state index is 0.00552. The zero-order valence-corrected chi connectivity index (χ0v) is 22.4. The highest BCUT2D eigenvalue weighted by Gasteiger charge is 2.39. The number of aromatic nitrogens is 1. The van der Waals surface area contributed by atoms with Gasteiger partial charge in [0.05, 0.1) is 15.8 Å². The highest BCUT2D eigenvalue weighted by atomic mass is 32.1. The number of thiazole rings is 1. The molecule has 0 bridgehead atoms. The highest BCUT2D eigenvalue weighted by Crippen LogP contribution is 2.39. The molecular formula is C31H19F8NOS. The average Bonchev–Trinajstić information content (AvgIpc) is 3.36. The lowest BCUT2D eigenvalue weighted by Gasteiger charge is -2.15. The second-order valence-corrected chi connectivity index (χ2v) is 10.3. The van der Waals surface area contributed by atoms with Gasteiger partial charge in [-0.1, -0.05) is 30.4 Å². The Morgan fingerprint density at radius 1 is 0.786 bits per heavy atom. The van der Waals surface area contributed by atoms with Crippen LogP contribution in [0.3, 0.4) is 0 Å². The van der Waals surface area contributed by atoms with Crippen molar-refractivity contribution in [2.45, 2.75) is 25.9 Å². The quantitative estimate of drug-likeness (QED) is 0.0998. The smallest absolute Gasteiger partial charge is 0.427 e. The second-order valence-electron chi connectivity index (χ2n) is 9.26. The number of hydrogen-bond donors (Lipinski definition) is 0. The Balaban J connectivity index is 1.43. The molecule has 0 N–H and O–H groups in total. The maximum absolute atomic E-state index is 15.2. The first-order valence-corrected chi connectivity index (χ1v) is 13.3. The average molecular weight is 606 g/mol. The van der Waals surface area contributed by atoms with Crippen LogP contribution in [0.15, 0.2) is 72.8 Å². The number of halogens is 8. The van der Waals surface area contributed by atoms with Crippen LogP contribution in [-0.2, 0) is 12.5 Å². The van der Waals surface area contributed by atoms with E-state index >= 15 is 8.78 Å². The van der Waals surface area contributed by atoms with Crippen LogP contribution < -0.4 is 4.74 Å². The molecule has 0 unspecified atom stereocenters. The number of ether oxygens (including phenoxy) is 1. The van der Waals surface area contributed by atoms with Crippen molar-refractivity contribution in [3.8, 4) is 28.0 Å². The minimum atomic E-state index is -4.18. The Hall–Kier alpha value is -4.25. The third-order valence-corrected chi connectivity index (χ3v) is 7.42. The summed E-state index contributed by atoms with van der Waals surface area (Å²) < 4.78 is 119. The van der Waals surface area contributed by atoms with Crippen LogP contribution in [0, 0.1) is 34.9 Å². The van der Waals surface area contributed by atoms with E-state index in [0.717, 1.165) is 24.1 Å². The summed E-state index contributed by atoms with van der Waals surface area (Å²) in [6, 6.07) is 10.7. The van der Waals surface area contributed by atoms with E-state index in [0.29, 0.717) is 17.8 Å². The van der Waals surface area contributed by atoms with Gasteiger partial charge in [-0.15, -0.1) is 11.3 Å². The summed E-state index contributed by atoms with van der Waals surface area (Å²) in [6.45, 7) is 1.88. The van der Waals surface area contributed by atoms with Gasteiger partial charge in [-0.05, 0) is 66.8 Å². The topological polar surface area (TPSA) is 22.1 Å². The molecule has 1 aromatic heterocycles. The largest absolute Gasteiger partial charge is 0.454 e. The van der Waals surface area contributed by atoms with Crippen molar-refractivity contribution < 1.29 is 39.9 Å². The van der Waals surface area contributed by atoms with E-state index in [2.05, 4.69) is 9.72 Å². The third kappa shape index (κ3) is 5.87. The maximum Gasteiger partial charge on any atom is 0.454 e. The van der Waals surface area contributed by atoms with Gasteiger partial charge < -0.3 is 4.74 Å². The SMILES string of the molecule is C/C=C/CCc1ccc(-c2cc(F)c(-c3ccc4nc(C(F)(F)Oc5cc(F)c(F)c(F)c5)sc4c3)c(F)c2)c(F)c1. The van der Waals surface area contributed by atoms with Gasteiger partial charge >= 0.3 is 6.11 Å². The fraction of sp³-hybridized carbons (Fsp3) is 0.129. The predicted octanol–water partition coefficient (Wildman–Crippen LogP) is 10.1. The van der Waals surface area contributed by atoms with E-state index in [1.165, 1.54) is 30.3 Å². The predicted molar refractivity (Wildman–Crippen MR) is 144 cm³/mol. The fourth-order valence-corrected chi connectivity index (χ4v) is 5.27. The van der Waals surface area contributed by atoms with Crippen LogP contribution in [0.25, 0.3) is 32.5 Å². The molecule has 5 aromatic rings. The standard InChI is InChI=1S/C31H19F8NOS/c1-2-3-4-5-16-6-8-20(21(32)10-16)18-11-22(33)28(23(34)12-18)17-7-9-26-27(13-17)42-30(40-26)31(38,39)41-19-14-24(35)29(37)25(36)15-19/h2-3,6-15H,4-5H2,1H3/b3-2+. The minimum Gasteiger partial charge on any atom is -0.427 e. The summed E-state index contributed by atoms with van der Waals surface area (Å²) in [5.41, 5.74) is 0.313. The van der Waals surface area contributed by atoms with Gasteiger partial charge in [0.15, 0.2) is 17.5 Å². The van der Waals surface area contributed by atoms with Crippen LogP contribution >= 0.6 is 11.3 Å². The first-order valence-electron chi connectivity index (χ1n) is 12.5. The van der Waals surface area contributed by atoms with Crippen molar-refractivity contribution in [3.05, 3.63) is 118 Å². The molecule has 1 heterocycles. The number of allylic oxidation sites excluding steroid dienone is 2. The monoisotopic (exact) mass is 605 g/mol. The van der Waals surface area contributed by atoms with Crippen molar-refractivity contribution in [1.29, 1.82) is 0 Å². The Labute approximate surface area is 238 Å². The highest BCUT2D eigenvalue weighted by molar-refractivity contribution is 7.18. The molecule has 0 aliphatic carbocycles. The van der Waals surface area contributed by atoms with Gasteiger partial charge in [0, 0.05) is 17.7 Å². The molecule has 0 amide bonds. The first kappa shape index (κ1) is 29.2. The lowest BCUT2D eigenvalue weighted by molar-refractivity contribution is -0.185. The van der Waals surface area contributed by atoms with E-state index in [9.17, 15) is 26.3 Å². The molecule has 4 aromatic carbocycles. The Bertz CT molecular complexity index is 1790. The molecular weight excluding hydrogens is 586 g/mol. The molecule has 0 saturated heterocycles. The van der Waals surface area contributed by atoms with Gasteiger partial charge in [-0.2, -0.15) is 8.78 Å². The summed E-state index contributed by atoms with van der Waals surface area (Å²) >= 11 is 0.419. The molecule has 216 valence electrons. The van der Waals surface area contributed by atoms with E-state index in [-0.39, 0.29) is 39.0 Å². The molecule has 2 nitrogen and oxygen atoms in total. The molecule has 0 radical (unpaired) electrons.